The summed E-state index contributed by atoms with van der Waals surface area (Å²) in [6.07, 6.45) is 2.60. The van der Waals surface area contributed by atoms with E-state index in [1.54, 1.807) is 25.4 Å². The highest BCUT2D eigenvalue weighted by Crippen LogP contribution is 2.18. The number of benzene rings is 1. The monoisotopic (exact) mass is 370 g/mol. The number of rotatable bonds is 6. The number of hydrogen-bond acceptors (Lipinski definition) is 5. The summed E-state index contributed by atoms with van der Waals surface area (Å²) in [5, 5.41) is 11.0. The van der Waals surface area contributed by atoms with Gasteiger partial charge in [0.25, 0.3) is 0 Å². The predicted molar refractivity (Wildman–Crippen MR) is 101 cm³/mol. The Hall–Kier alpha value is -2.93. The van der Waals surface area contributed by atoms with Crippen LogP contribution in [0.3, 0.4) is 0 Å². The molecule has 0 aliphatic carbocycles. The second kappa shape index (κ2) is 8.96. The number of pyridine rings is 1. The zero-order valence-corrected chi connectivity index (χ0v) is 15.1. The van der Waals surface area contributed by atoms with Gasteiger partial charge >= 0.3 is 0 Å². The molecule has 0 radical (unpaired) electrons. The first-order chi connectivity index (χ1) is 12.7. The highest BCUT2D eigenvalue weighted by molar-refractivity contribution is 6.30. The van der Waals surface area contributed by atoms with Gasteiger partial charge in [0.1, 0.15) is 0 Å². The smallest absolute Gasteiger partial charge is 0.246 e. The molecule has 0 saturated carbocycles. The molecule has 0 spiro atoms. The molecule has 0 unspecified atom stereocenters. The fourth-order valence-electron chi connectivity index (χ4n) is 2.28. The first kappa shape index (κ1) is 17.9. The van der Waals surface area contributed by atoms with Gasteiger partial charge in [-0.2, -0.15) is 4.98 Å². The van der Waals surface area contributed by atoms with E-state index in [0.717, 1.165) is 24.2 Å². The van der Waals surface area contributed by atoms with Crippen molar-refractivity contribution >= 4 is 17.6 Å². The maximum atomic E-state index is 5.89. The van der Waals surface area contributed by atoms with Gasteiger partial charge in [0.15, 0.2) is 5.96 Å². The van der Waals surface area contributed by atoms with Gasteiger partial charge in [-0.05, 0) is 36.4 Å². The fourth-order valence-corrected chi connectivity index (χ4v) is 2.40. The van der Waals surface area contributed by atoms with E-state index >= 15 is 0 Å². The molecular weight excluding hydrogens is 352 g/mol. The number of aliphatic imine (C=N–C) groups is 1. The Kier molecular flexibility index (Phi) is 6.16. The second-order valence-electron chi connectivity index (χ2n) is 5.44. The maximum Gasteiger partial charge on any atom is 0.246 e. The van der Waals surface area contributed by atoms with Crippen LogP contribution >= 0.6 is 11.6 Å². The summed E-state index contributed by atoms with van der Waals surface area (Å²) in [4.78, 5) is 12.8. The van der Waals surface area contributed by atoms with Crippen LogP contribution in [0.15, 0.2) is 58.2 Å². The summed E-state index contributed by atoms with van der Waals surface area (Å²) in [6, 6.07) is 13.2. The van der Waals surface area contributed by atoms with Gasteiger partial charge in [-0.1, -0.05) is 22.8 Å². The summed E-state index contributed by atoms with van der Waals surface area (Å²) in [5.41, 5.74) is 1.88. The summed E-state index contributed by atoms with van der Waals surface area (Å²) >= 11 is 5.89. The molecule has 3 aromatic rings. The van der Waals surface area contributed by atoms with Crippen molar-refractivity contribution in [3.63, 3.8) is 0 Å². The molecule has 2 heterocycles. The second-order valence-corrected chi connectivity index (χ2v) is 5.88. The van der Waals surface area contributed by atoms with E-state index < -0.39 is 0 Å². The molecule has 0 amide bonds. The number of aromatic nitrogens is 3. The Balaban J connectivity index is 1.49. The van der Waals surface area contributed by atoms with Crippen LogP contribution in [0.25, 0.3) is 11.4 Å². The van der Waals surface area contributed by atoms with E-state index in [9.17, 15) is 0 Å². The Bertz CT molecular complexity index is 848. The number of nitrogens with one attached hydrogen (secondary N) is 2. The number of halogens is 1. The normalized spacial score (nSPS) is 11.4. The molecule has 0 aliphatic rings. The standard InChI is InChI=1S/C18H19ClN6O/c1-20-18(22-11-9-15-4-2-3-10-21-15)23-12-16-24-17(25-26-16)13-5-7-14(19)8-6-13/h2-8,10H,9,11-12H2,1H3,(H2,20,22,23). The summed E-state index contributed by atoms with van der Waals surface area (Å²) < 4.78 is 5.27. The first-order valence-corrected chi connectivity index (χ1v) is 8.55. The van der Waals surface area contributed by atoms with Gasteiger partial charge in [0, 0.05) is 42.5 Å². The average molecular weight is 371 g/mol. The molecule has 0 aliphatic heterocycles. The molecule has 134 valence electrons. The van der Waals surface area contributed by atoms with Crippen molar-refractivity contribution in [2.24, 2.45) is 4.99 Å². The zero-order chi connectivity index (χ0) is 18.2. The molecule has 2 aromatic heterocycles. The summed E-state index contributed by atoms with van der Waals surface area (Å²) in [6.45, 7) is 1.10. The van der Waals surface area contributed by atoms with Crippen LogP contribution in [-0.4, -0.2) is 34.7 Å². The lowest BCUT2D eigenvalue weighted by atomic mass is 10.2. The van der Waals surface area contributed by atoms with Crippen LogP contribution in [0, 0.1) is 0 Å². The molecule has 1 aromatic carbocycles. The molecule has 3 rings (SSSR count). The highest BCUT2D eigenvalue weighted by Gasteiger charge is 2.09. The van der Waals surface area contributed by atoms with Crippen molar-refractivity contribution in [2.75, 3.05) is 13.6 Å². The SMILES string of the molecule is CN=C(NCCc1ccccn1)NCc1nc(-c2ccc(Cl)cc2)no1. The minimum absolute atomic E-state index is 0.379. The Morgan fingerprint density at radius 2 is 2.00 bits per heavy atom. The van der Waals surface area contributed by atoms with E-state index in [-0.39, 0.29) is 0 Å². The third-order valence-corrected chi connectivity index (χ3v) is 3.85. The lowest BCUT2D eigenvalue weighted by Crippen LogP contribution is -2.38. The van der Waals surface area contributed by atoms with Gasteiger partial charge in [-0.3, -0.25) is 9.98 Å². The quantitative estimate of drug-likeness (QED) is 0.512. The van der Waals surface area contributed by atoms with Crippen LogP contribution in [0.4, 0.5) is 0 Å². The van der Waals surface area contributed by atoms with Crippen LogP contribution in [0.1, 0.15) is 11.6 Å². The van der Waals surface area contributed by atoms with Gasteiger partial charge in [0.05, 0.1) is 6.54 Å². The Morgan fingerprint density at radius 1 is 1.15 bits per heavy atom. The Labute approximate surface area is 156 Å². The minimum Gasteiger partial charge on any atom is -0.356 e. The lowest BCUT2D eigenvalue weighted by Gasteiger charge is -2.09. The van der Waals surface area contributed by atoms with Crippen molar-refractivity contribution < 1.29 is 4.52 Å². The fraction of sp³-hybridized carbons (Fsp3) is 0.222. The predicted octanol–water partition coefficient (Wildman–Crippen LogP) is 2.69. The zero-order valence-electron chi connectivity index (χ0n) is 14.3. The summed E-state index contributed by atoms with van der Waals surface area (Å²) in [7, 11) is 1.71. The van der Waals surface area contributed by atoms with E-state index in [1.165, 1.54) is 0 Å². The molecule has 0 bridgehead atoms. The van der Waals surface area contributed by atoms with Crippen molar-refractivity contribution in [3.8, 4) is 11.4 Å². The largest absolute Gasteiger partial charge is 0.356 e. The minimum atomic E-state index is 0.379. The van der Waals surface area contributed by atoms with E-state index in [2.05, 4.69) is 30.8 Å². The van der Waals surface area contributed by atoms with Crippen LogP contribution < -0.4 is 10.6 Å². The number of hydrogen-bond donors (Lipinski definition) is 2. The van der Waals surface area contributed by atoms with Gasteiger partial charge < -0.3 is 15.2 Å². The summed E-state index contributed by atoms with van der Waals surface area (Å²) in [5.74, 6) is 1.66. The molecule has 2 N–H and O–H groups in total. The van der Waals surface area contributed by atoms with E-state index in [1.807, 2.05) is 30.3 Å². The van der Waals surface area contributed by atoms with Crippen molar-refractivity contribution in [1.82, 2.24) is 25.8 Å². The van der Waals surface area contributed by atoms with Crippen LogP contribution in [0.2, 0.25) is 5.02 Å². The number of guanidine groups is 1. The highest BCUT2D eigenvalue weighted by atomic mass is 35.5. The molecule has 0 atom stereocenters. The van der Waals surface area contributed by atoms with Gasteiger partial charge in [-0.15, -0.1) is 0 Å². The van der Waals surface area contributed by atoms with E-state index in [4.69, 9.17) is 16.1 Å². The van der Waals surface area contributed by atoms with E-state index in [0.29, 0.717) is 29.2 Å². The molecule has 7 nitrogen and oxygen atoms in total. The molecule has 26 heavy (non-hydrogen) atoms. The molecule has 0 saturated heterocycles. The first-order valence-electron chi connectivity index (χ1n) is 8.17. The van der Waals surface area contributed by atoms with Crippen LogP contribution in [0.5, 0.6) is 0 Å². The van der Waals surface area contributed by atoms with Crippen molar-refractivity contribution in [1.29, 1.82) is 0 Å². The number of nitrogens with zero attached hydrogens (tertiary/aromatic N) is 4. The van der Waals surface area contributed by atoms with Gasteiger partial charge in [0.2, 0.25) is 11.7 Å². The van der Waals surface area contributed by atoms with Gasteiger partial charge in [-0.25, -0.2) is 0 Å². The maximum absolute atomic E-state index is 5.89. The lowest BCUT2D eigenvalue weighted by molar-refractivity contribution is 0.375. The Morgan fingerprint density at radius 3 is 2.73 bits per heavy atom. The average Bonchev–Trinajstić information content (AvgIpc) is 3.15. The molecular formula is C18H19ClN6O. The van der Waals surface area contributed by atoms with Crippen LogP contribution in [-0.2, 0) is 13.0 Å². The molecule has 0 fully saturated rings. The van der Waals surface area contributed by atoms with Crippen molar-refractivity contribution in [3.05, 3.63) is 65.3 Å². The topological polar surface area (TPSA) is 88.2 Å². The van der Waals surface area contributed by atoms with Crippen molar-refractivity contribution in [2.45, 2.75) is 13.0 Å². The third kappa shape index (κ3) is 5.03. The molecule has 8 heteroatoms. The third-order valence-electron chi connectivity index (χ3n) is 3.60.